The Balaban J connectivity index is 2.54. The maximum absolute atomic E-state index is 11.7. The first-order valence-electron chi connectivity index (χ1n) is 6.77. The second-order valence-electron chi connectivity index (χ2n) is 4.91. The van der Waals surface area contributed by atoms with Gasteiger partial charge in [0.25, 0.3) is 0 Å². The van der Waals surface area contributed by atoms with E-state index >= 15 is 0 Å². The third-order valence-corrected chi connectivity index (χ3v) is 3.48. The molecule has 0 atom stereocenters. The third-order valence-electron chi connectivity index (χ3n) is 3.48. The van der Waals surface area contributed by atoms with Crippen LogP contribution in [0.5, 0.6) is 0 Å². The van der Waals surface area contributed by atoms with Crippen molar-refractivity contribution in [3.8, 4) is 6.07 Å². The highest BCUT2D eigenvalue weighted by atomic mass is 16.5. The van der Waals surface area contributed by atoms with Gasteiger partial charge >= 0.3 is 5.97 Å². The van der Waals surface area contributed by atoms with E-state index in [1.165, 1.54) is 11.6 Å². The summed E-state index contributed by atoms with van der Waals surface area (Å²) in [6, 6.07) is 5.87. The number of nitriles is 1. The van der Waals surface area contributed by atoms with E-state index < -0.39 is 5.97 Å². The smallest absolute Gasteiger partial charge is 0.349 e. The number of esters is 1. The van der Waals surface area contributed by atoms with Gasteiger partial charge in [-0.05, 0) is 51.0 Å². The lowest BCUT2D eigenvalue weighted by Crippen LogP contribution is -2.05. The van der Waals surface area contributed by atoms with E-state index in [0.29, 0.717) is 5.76 Å². The lowest BCUT2D eigenvalue weighted by atomic mass is 10.0. The van der Waals surface area contributed by atoms with Gasteiger partial charge in [0, 0.05) is 17.0 Å². The molecule has 1 aromatic carbocycles. The number of nitrogens with zero attached hydrogens (tertiary/aromatic N) is 1. The van der Waals surface area contributed by atoms with E-state index in [1.807, 2.05) is 32.9 Å². The normalized spacial score (nSPS) is 11.5. The molecule has 1 heterocycles. The fraction of sp³-hybridized carbons (Fsp3) is 0.294. The molecule has 0 saturated carbocycles. The largest absolute Gasteiger partial charge is 0.462 e. The SMILES string of the molecule is CCOC(=O)/C(C#N)=C\c1oc2cc(C)c(C)cc2c1C. The van der Waals surface area contributed by atoms with Gasteiger partial charge in [-0.1, -0.05) is 0 Å². The number of benzene rings is 1. The van der Waals surface area contributed by atoms with Gasteiger partial charge in [-0.15, -0.1) is 0 Å². The zero-order valence-electron chi connectivity index (χ0n) is 12.6. The number of furan rings is 1. The second kappa shape index (κ2) is 5.84. The highest BCUT2D eigenvalue weighted by Gasteiger charge is 2.15. The number of ether oxygens (including phenoxy) is 1. The number of fused-ring (bicyclic) bond motifs is 1. The molecule has 0 fully saturated rings. The minimum absolute atomic E-state index is 0.0625. The Kier molecular flexibility index (Phi) is 4.13. The van der Waals surface area contributed by atoms with Gasteiger partial charge in [0.1, 0.15) is 23.0 Å². The van der Waals surface area contributed by atoms with Crippen molar-refractivity contribution in [1.82, 2.24) is 0 Å². The molecule has 4 nitrogen and oxygen atoms in total. The van der Waals surface area contributed by atoms with E-state index in [0.717, 1.165) is 22.1 Å². The topological polar surface area (TPSA) is 63.2 Å². The zero-order chi connectivity index (χ0) is 15.6. The molecule has 4 heteroatoms. The van der Waals surface area contributed by atoms with Crippen molar-refractivity contribution in [2.45, 2.75) is 27.7 Å². The second-order valence-corrected chi connectivity index (χ2v) is 4.91. The van der Waals surface area contributed by atoms with E-state index in [4.69, 9.17) is 14.4 Å². The molecule has 0 aliphatic carbocycles. The van der Waals surface area contributed by atoms with Crippen molar-refractivity contribution in [2.24, 2.45) is 0 Å². The molecule has 108 valence electrons. The first kappa shape index (κ1) is 14.9. The number of hydrogen-bond donors (Lipinski definition) is 0. The predicted molar refractivity (Wildman–Crippen MR) is 80.6 cm³/mol. The van der Waals surface area contributed by atoms with Crippen molar-refractivity contribution in [3.63, 3.8) is 0 Å². The van der Waals surface area contributed by atoms with Gasteiger partial charge in [-0.2, -0.15) is 5.26 Å². The Hall–Kier alpha value is -2.54. The number of carbonyl (C=O) groups excluding carboxylic acids is 1. The monoisotopic (exact) mass is 283 g/mol. The molecule has 2 aromatic rings. The molecule has 0 radical (unpaired) electrons. The van der Waals surface area contributed by atoms with Crippen LogP contribution in [0.25, 0.3) is 17.0 Å². The molecule has 2 rings (SSSR count). The van der Waals surface area contributed by atoms with Gasteiger partial charge in [0.15, 0.2) is 0 Å². The van der Waals surface area contributed by atoms with Crippen molar-refractivity contribution >= 4 is 23.0 Å². The van der Waals surface area contributed by atoms with Gasteiger partial charge < -0.3 is 9.15 Å². The Morgan fingerprint density at radius 3 is 2.62 bits per heavy atom. The first-order chi connectivity index (χ1) is 9.97. The standard InChI is InChI=1S/C17H17NO3/c1-5-20-17(19)13(9-18)8-15-12(4)14-6-10(2)11(3)7-16(14)21-15/h6-8H,5H2,1-4H3/b13-8-. The summed E-state index contributed by atoms with van der Waals surface area (Å²) < 4.78 is 10.6. The number of hydrogen-bond acceptors (Lipinski definition) is 4. The molecule has 1 aromatic heterocycles. The summed E-state index contributed by atoms with van der Waals surface area (Å²) in [5, 5.41) is 10.1. The zero-order valence-corrected chi connectivity index (χ0v) is 12.6. The summed E-state index contributed by atoms with van der Waals surface area (Å²) in [7, 11) is 0. The Bertz CT molecular complexity index is 775. The van der Waals surface area contributed by atoms with Crippen LogP contribution in [0.4, 0.5) is 0 Å². The van der Waals surface area contributed by atoms with Crippen molar-refractivity contribution in [3.05, 3.63) is 40.2 Å². The van der Waals surface area contributed by atoms with E-state index in [9.17, 15) is 4.79 Å². The predicted octanol–water partition coefficient (Wildman–Crippen LogP) is 3.83. The van der Waals surface area contributed by atoms with Crippen LogP contribution in [0.1, 0.15) is 29.4 Å². The molecule has 0 saturated heterocycles. The minimum Gasteiger partial charge on any atom is -0.462 e. The average molecular weight is 283 g/mol. The molecule has 0 aliphatic heterocycles. The lowest BCUT2D eigenvalue weighted by Gasteiger charge is -1.98. The Morgan fingerprint density at radius 2 is 2.00 bits per heavy atom. The van der Waals surface area contributed by atoms with Crippen LogP contribution in [-0.4, -0.2) is 12.6 Å². The quantitative estimate of drug-likeness (QED) is 0.488. The van der Waals surface area contributed by atoms with Crippen LogP contribution < -0.4 is 0 Å². The Morgan fingerprint density at radius 1 is 1.33 bits per heavy atom. The maximum atomic E-state index is 11.7. The van der Waals surface area contributed by atoms with E-state index in [-0.39, 0.29) is 12.2 Å². The highest BCUT2D eigenvalue weighted by Crippen LogP contribution is 2.29. The molecular weight excluding hydrogens is 266 g/mol. The molecule has 21 heavy (non-hydrogen) atoms. The molecule has 0 N–H and O–H groups in total. The molecule has 0 spiro atoms. The van der Waals surface area contributed by atoms with Crippen molar-refractivity contribution in [1.29, 1.82) is 5.26 Å². The fourth-order valence-corrected chi connectivity index (χ4v) is 2.11. The first-order valence-corrected chi connectivity index (χ1v) is 6.77. The summed E-state index contributed by atoms with van der Waals surface area (Å²) in [5.41, 5.74) is 3.91. The van der Waals surface area contributed by atoms with Gasteiger partial charge in [-0.3, -0.25) is 0 Å². The van der Waals surface area contributed by atoms with Crippen LogP contribution >= 0.6 is 0 Å². The average Bonchev–Trinajstić information content (AvgIpc) is 2.73. The summed E-state index contributed by atoms with van der Waals surface area (Å²) in [4.78, 5) is 11.7. The molecule has 0 unspecified atom stereocenters. The lowest BCUT2D eigenvalue weighted by molar-refractivity contribution is -0.137. The molecule has 0 aliphatic rings. The van der Waals surface area contributed by atoms with Crippen LogP contribution in [0.15, 0.2) is 22.1 Å². The van der Waals surface area contributed by atoms with Crippen molar-refractivity contribution < 1.29 is 13.9 Å². The van der Waals surface area contributed by atoms with Gasteiger partial charge in [-0.25, -0.2) is 4.79 Å². The van der Waals surface area contributed by atoms with Crippen LogP contribution in [0.2, 0.25) is 0 Å². The highest BCUT2D eigenvalue weighted by molar-refractivity contribution is 5.98. The summed E-state index contributed by atoms with van der Waals surface area (Å²) in [5.74, 6) is -0.119. The summed E-state index contributed by atoms with van der Waals surface area (Å²) >= 11 is 0. The molecule has 0 bridgehead atoms. The van der Waals surface area contributed by atoms with Gasteiger partial charge in [0.05, 0.1) is 6.61 Å². The number of aryl methyl sites for hydroxylation is 3. The Labute approximate surface area is 123 Å². The third kappa shape index (κ3) is 2.82. The minimum atomic E-state index is -0.632. The maximum Gasteiger partial charge on any atom is 0.349 e. The van der Waals surface area contributed by atoms with E-state index in [1.54, 1.807) is 6.92 Å². The van der Waals surface area contributed by atoms with Gasteiger partial charge in [0.2, 0.25) is 0 Å². The number of rotatable bonds is 3. The van der Waals surface area contributed by atoms with Crippen LogP contribution in [0.3, 0.4) is 0 Å². The van der Waals surface area contributed by atoms with Crippen molar-refractivity contribution in [2.75, 3.05) is 6.61 Å². The van der Waals surface area contributed by atoms with E-state index in [2.05, 4.69) is 6.07 Å². The molecular formula is C17H17NO3. The van der Waals surface area contributed by atoms with Crippen LogP contribution in [0, 0.1) is 32.1 Å². The summed E-state index contributed by atoms with van der Waals surface area (Å²) in [6.07, 6.45) is 1.44. The molecule has 0 amide bonds. The van der Waals surface area contributed by atoms with Crippen LogP contribution in [-0.2, 0) is 9.53 Å². The number of carbonyl (C=O) groups is 1. The summed E-state index contributed by atoms with van der Waals surface area (Å²) in [6.45, 7) is 7.89. The fourth-order valence-electron chi connectivity index (χ4n) is 2.11.